The Morgan fingerprint density at radius 3 is 1.08 bits per heavy atom. The molecule has 0 heterocycles. The minimum Gasteiger partial charge on any atom is -0.461 e. The molecular formula is C48H70N6O9. The van der Waals surface area contributed by atoms with Gasteiger partial charge in [-0.1, -0.05) is 68.9 Å². The summed E-state index contributed by atoms with van der Waals surface area (Å²) in [6.07, 6.45) is 12.2. The molecule has 0 unspecified atom stereocenters. The molecule has 6 fully saturated rings. The highest BCUT2D eigenvalue weighted by molar-refractivity contribution is 5.87. The molecule has 346 valence electrons. The van der Waals surface area contributed by atoms with Gasteiger partial charge in [-0.05, 0) is 103 Å². The van der Waals surface area contributed by atoms with E-state index in [-0.39, 0.29) is 78.4 Å². The molecule has 0 radical (unpaired) electrons. The van der Waals surface area contributed by atoms with Gasteiger partial charge in [0.25, 0.3) is 0 Å². The number of alkyl carbamates (subject to hydrolysis) is 1. The first-order valence-electron chi connectivity index (χ1n) is 24.0. The summed E-state index contributed by atoms with van der Waals surface area (Å²) >= 11 is 0. The van der Waals surface area contributed by atoms with Crippen molar-refractivity contribution in [3.8, 4) is 0 Å². The van der Waals surface area contributed by atoms with E-state index in [1.54, 1.807) is 20.8 Å². The van der Waals surface area contributed by atoms with Crippen molar-refractivity contribution in [3.63, 3.8) is 0 Å². The fourth-order valence-electron chi connectivity index (χ4n) is 11.4. The van der Waals surface area contributed by atoms with Gasteiger partial charge < -0.3 is 41.4 Å². The van der Waals surface area contributed by atoms with Gasteiger partial charge in [-0.15, -0.1) is 0 Å². The van der Waals surface area contributed by atoms with Crippen LogP contribution >= 0.6 is 0 Å². The Morgan fingerprint density at radius 1 is 0.444 bits per heavy atom. The van der Waals surface area contributed by atoms with Crippen molar-refractivity contribution in [1.82, 2.24) is 31.9 Å². The predicted octanol–water partition coefficient (Wildman–Crippen LogP) is 4.85. The van der Waals surface area contributed by atoms with Crippen LogP contribution in [0.2, 0.25) is 0 Å². The van der Waals surface area contributed by atoms with Crippen LogP contribution in [0.3, 0.4) is 0 Å². The number of carbonyl (C=O) groups is 7. The second kappa shape index (κ2) is 20.9. The van der Waals surface area contributed by atoms with Gasteiger partial charge in [0.2, 0.25) is 29.5 Å². The average Bonchev–Trinajstić information content (AvgIpc) is 4.10. The van der Waals surface area contributed by atoms with Crippen LogP contribution in [0.15, 0.2) is 30.3 Å². The fraction of sp³-hybridized carbons (Fsp3) is 0.729. The number of rotatable bonds is 14. The first-order chi connectivity index (χ1) is 30.2. The number of amides is 6. The molecular weight excluding hydrogens is 805 g/mol. The Balaban J connectivity index is 0.868. The largest absolute Gasteiger partial charge is 0.461 e. The number of hydrogen-bond donors (Lipinski definition) is 6. The lowest BCUT2D eigenvalue weighted by molar-refractivity contribution is -0.150. The summed E-state index contributed by atoms with van der Waals surface area (Å²) in [5.74, 6) is -3.53. The predicted molar refractivity (Wildman–Crippen MR) is 233 cm³/mol. The van der Waals surface area contributed by atoms with E-state index >= 15 is 0 Å². The Kier molecular flexibility index (Phi) is 15.3. The molecule has 6 amide bonds. The summed E-state index contributed by atoms with van der Waals surface area (Å²) in [4.78, 5) is 94.2. The van der Waals surface area contributed by atoms with Gasteiger partial charge >= 0.3 is 12.1 Å². The van der Waals surface area contributed by atoms with Crippen molar-refractivity contribution in [1.29, 1.82) is 0 Å². The third kappa shape index (κ3) is 11.9. The van der Waals surface area contributed by atoms with E-state index in [0.29, 0.717) is 77.0 Å². The van der Waals surface area contributed by atoms with Gasteiger partial charge in [0.15, 0.2) is 0 Å². The van der Waals surface area contributed by atoms with Crippen LogP contribution in [0.4, 0.5) is 4.79 Å². The number of benzene rings is 1. The van der Waals surface area contributed by atoms with E-state index in [2.05, 4.69) is 31.9 Å². The van der Waals surface area contributed by atoms with Crippen LogP contribution in [-0.2, 0) is 44.8 Å². The second-order valence-corrected chi connectivity index (χ2v) is 20.1. The van der Waals surface area contributed by atoms with Gasteiger partial charge in [-0.25, -0.2) is 4.79 Å². The molecule has 0 aliphatic heterocycles. The lowest BCUT2D eigenvalue weighted by Gasteiger charge is -2.29. The lowest BCUT2D eigenvalue weighted by atomic mass is 9.95. The molecule has 0 spiro atoms. The van der Waals surface area contributed by atoms with Crippen LogP contribution in [0.25, 0.3) is 0 Å². The number of hydrogen-bond acceptors (Lipinski definition) is 9. The molecule has 6 saturated carbocycles. The highest BCUT2D eigenvalue weighted by Gasteiger charge is 2.45. The molecule has 0 aromatic heterocycles. The first-order valence-corrected chi connectivity index (χ1v) is 24.0. The van der Waals surface area contributed by atoms with Gasteiger partial charge in [-0.2, -0.15) is 0 Å². The highest BCUT2D eigenvalue weighted by Crippen LogP contribution is 2.35. The Hall–Kier alpha value is -4.69. The maximum Gasteiger partial charge on any atom is 0.407 e. The maximum absolute atomic E-state index is 13.9. The number of carbonyl (C=O) groups excluding carboxylic acids is 7. The van der Waals surface area contributed by atoms with Gasteiger partial charge in [0.05, 0.1) is 35.5 Å². The van der Waals surface area contributed by atoms with Crippen molar-refractivity contribution in [2.75, 3.05) is 0 Å². The molecule has 1 aromatic rings. The summed E-state index contributed by atoms with van der Waals surface area (Å²) in [6, 6.07) is 7.55. The fourth-order valence-corrected chi connectivity index (χ4v) is 11.4. The van der Waals surface area contributed by atoms with Crippen LogP contribution < -0.4 is 31.9 Å². The normalized spacial score (nSPS) is 32.7. The summed E-state index contributed by atoms with van der Waals surface area (Å²) in [7, 11) is 0. The zero-order valence-corrected chi connectivity index (χ0v) is 37.4. The third-order valence-electron chi connectivity index (χ3n) is 14.6. The second-order valence-electron chi connectivity index (χ2n) is 20.1. The minimum atomic E-state index is -0.646. The summed E-state index contributed by atoms with van der Waals surface area (Å²) in [5, 5.41) is 18.7. The SMILES string of the molecule is CC(C)(C)OC(=O)N[C@@H]1CCC[C@H]1C(=O)N[C@@H]1CCC[C@H]1C(=O)N[C@@H]1CCC[C@H]1C(=O)N[C@@H]1CCC[C@H]1C(=O)N[C@@H]1CCC[C@H]1C(=O)N[C@@H]1CCC[C@H]1C(=O)OCc1ccccc1. The zero-order chi connectivity index (χ0) is 44.7. The van der Waals surface area contributed by atoms with Crippen LogP contribution in [0.5, 0.6) is 0 Å². The zero-order valence-electron chi connectivity index (χ0n) is 37.4. The molecule has 6 N–H and O–H groups in total. The molecule has 0 bridgehead atoms. The van der Waals surface area contributed by atoms with Gasteiger partial charge in [-0.3, -0.25) is 28.8 Å². The van der Waals surface area contributed by atoms with Crippen molar-refractivity contribution in [2.45, 2.75) is 185 Å². The molecule has 1 aromatic carbocycles. The molecule has 6 aliphatic carbocycles. The van der Waals surface area contributed by atoms with Crippen molar-refractivity contribution in [2.24, 2.45) is 35.5 Å². The summed E-state index contributed by atoms with van der Waals surface area (Å²) in [6.45, 7) is 5.58. The smallest absolute Gasteiger partial charge is 0.407 e. The monoisotopic (exact) mass is 875 g/mol. The number of ether oxygens (including phenoxy) is 2. The molecule has 15 nitrogen and oxygen atoms in total. The van der Waals surface area contributed by atoms with E-state index in [1.807, 2.05) is 30.3 Å². The number of esters is 1. The highest BCUT2D eigenvalue weighted by atomic mass is 16.6. The lowest BCUT2D eigenvalue weighted by Crippen LogP contribution is -2.53. The maximum atomic E-state index is 13.9. The van der Waals surface area contributed by atoms with Crippen LogP contribution in [0, 0.1) is 35.5 Å². The van der Waals surface area contributed by atoms with Crippen molar-refractivity contribution >= 4 is 41.6 Å². The molecule has 0 saturated heterocycles. The standard InChI is InChI=1S/C48H70N6O9/c1-48(2,3)63-47(61)54-39-25-11-19-33(39)45(59)52-37-23-9-17-31(37)43(57)50-35-21-7-15-29(35)41(55)49-36-22-8-16-30(36)42(56)51-38-24-10-18-32(38)44(58)53-40-26-12-20-34(40)46(60)62-27-28-13-5-4-6-14-28/h4-6,13-14,29-40H,7-12,15-27H2,1-3H3,(H,49,55)(H,50,57)(H,51,56)(H,52,59)(H,53,58)(H,54,61)/t29-,30-,31-,32-,33-,34-,35-,36-,37-,38-,39-,40-/m1/s1. The first kappa shape index (κ1) is 46.3. The molecule has 12 atom stereocenters. The van der Waals surface area contributed by atoms with E-state index in [4.69, 9.17) is 9.47 Å². The summed E-state index contributed by atoms with van der Waals surface area (Å²) in [5.41, 5.74) is 0.265. The topological polar surface area (TPSA) is 210 Å². The average molecular weight is 875 g/mol. The van der Waals surface area contributed by atoms with E-state index in [0.717, 1.165) is 44.1 Å². The van der Waals surface area contributed by atoms with Gasteiger partial charge in [0, 0.05) is 36.3 Å². The van der Waals surface area contributed by atoms with Crippen LogP contribution in [-0.4, -0.2) is 83.5 Å². The number of nitrogens with one attached hydrogen (secondary N) is 6. The molecule has 63 heavy (non-hydrogen) atoms. The quantitative estimate of drug-likeness (QED) is 0.141. The van der Waals surface area contributed by atoms with E-state index in [1.165, 1.54) is 0 Å². The van der Waals surface area contributed by atoms with E-state index < -0.39 is 47.2 Å². The van der Waals surface area contributed by atoms with E-state index in [9.17, 15) is 33.6 Å². The third-order valence-corrected chi connectivity index (χ3v) is 14.6. The molecule has 7 rings (SSSR count). The Bertz CT molecular complexity index is 1820. The molecule has 6 aliphatic rings. The Labute approximate surface area is 371 Å². The van der Waals surface area contributed by atoms with Crippen LogP contribution in [0.1, 0.15) is 142 Å². The van der Waals surface area contributed by atoms with Crippen molar-refractivity contribution < 1.29 is 43.0 Å². The Morgan fingerprint density at radius 2 is 0.746 bits per heavy atom. The van der Waals surface area contributed by atoms with Gasteiger partial charge in [0.1, 0.15) is 12.2 Å². The minimum absolute atomic E-state index is 0.141. The molecule has 15 heteroatoms. The van der Waals surface area contributed by atoms with Crippen molar-refractivity contribution in [3.05, 3.63) is 35.9 Å². The summed E-state index contributed by atoms with van der Waals surface area (Å²) < 4.78 is 11.0.